The van der Waals surface area contributed by atoms with Gasteiger partial charge in [-0.25, -0.2) is 13.1 Å². The quantitative estimate of drug-likeness (QED) is 0.898. The summed E-state index contributed by atoms with van der Waals surface area (Å²) in [6.07, 6.45) is 4.77. The van der Waals surface area contributed by atoms with Crippen LogP contribution in [0.3, 0.4) is 0 Å². The first-order chi connectivity index (χ1) is 10.0. The molecule has 0 spiro atoms. The average molecular weight is 308 g/mol. The van der Waals surface area contributed by atoms with Crippen molar-refractivity contribution in [3.8, 4) is 0 Å². The van der Waals surface area contributed by atoms with E-state index in [1.165, 1.54) is 18.4 Å². The van der Waals surface area contributed by atoms with E-state index in [0.717, 1.165) is 37.4 Å². The predicted octanol–water partition coefficient (Wildman–Crippen LogP) is 2.39. The van der Waals surface area contributed by atoms with E-state index < -0.39 is 10.0 Å². The monoisotopic (exact) mass is 308 g/mol. The van der Waals surface area contributed by atoms with Gasteiger partial charge in [-0.3, -0.25) is 0 Å². The predicted molar refractivity (Wildman–Crippen MR) is 83.3 cm³/mol. The van der Waals surface area contributed by atoms with Crippen molar-refractivity contribution in [2.45, 2.75) is 50.6 Å². The fraction of sp³-hybridized carbons (Fsp3) is 0.625. The molecule has 21 heavy (non-hydrogen) atoms. The van der Waals surface area contributed by atoms with Gasteiger partial charge in [-0.2, -0.15) is 0 Å². The third-order valence-corrected chi connectivity index (χ3v) is 6.15. The molecule has 3 rings (SSSR count). The Morgan fingerprint density at radius 3 is 2.86 bits per heavy atom. The minimum absolute atomic E-state index is 0.397. The summed E-state index contributed by atoms with van der Waals surface area (Å²) in [6.45, 7) is 4.43. The number of nitrogens with one attached hydrogen (secondary N) is 2. The van der Waals surface area contributed by atoms with Gasteiger partial charge in [-0.05, 0) is 47.9 Å². The molecule has 1 heterocycles. The Labute approximate surface area is 127 Å². The van der Waals surface area contributed by atoms with Gasteiger partial charge in [0.2, 0.25) is 10.0 Å². The zero-order valence-corrected chi connectivity index (χ0v) is 13.4. The highest BCUT2D eigenvalue weighted by Crippen LogP contribution is 2.28. The third-order valence-electron chi connectivity index (χ3n) is 4.73. The second-order valence-corrected chi connectivity index (χ2v) is 8.29. The summed E-state index contributed by atoms with van der Waals surface area (Å²) in [6, 6.07) is 5.45. The lowest BCUT2D eigenvalue weighted by molar-refractivity contribution is 0.283. The standard InChI is InChI=1S/C16H24N2O2S/c1-12-3-2-4-13(7-12)9-18-21(19,20)16-6-5-14-10-17-11-15(14)8-16/h5-6,8,12-13,17-18H,2-4,7,9-11H2,1H3. The lowest BCUT2D eigenvalue weighted by atomic mass is 9.83. The molecular weight excluding hydrogens is 284 g/mol. The summed E-state index contributed by atoms with van der Waals surface area (Å²) in [5.74, 6) is 1.21. The molecule has 4 nitrogen and oxygen atoms in total. The molecule has 116 valence electrons. The second-order valence-electron chi connectivity index (χ2n) is 6.52. The minimum Gasteiger partial charge on any atom is -0.309 e. The molecule has 0 radical (unpaired) electrons. The Morgan fingerprint density at radius 2 is 2.05 bits per heavy atom. The smallest absolute Gasteiger partial charge is 0.240 e. The van der Waals surface area contributed by atoms with Crippen molar-refractivity contribution in [1.82, 2.24) is 10.0 Å². The first-order valence-corrected chi connectivity index (χ1v) is 9.35. The van der Waals surface area contributed by atoms with E-state index in [9.17, 15) is 8.42 Å². The van der Waals surface area contributed by atoms with Crippen LogP contribution >= 0.6 is 0 Å². The van der Waals surface area contributed by atoms with Crippen LogP contribution in [0.1, 0.15) is 43.7 Å². The van der Waals surface area contributed by atoms with Crippen molar-refractivity contribution in [2.24, 2.45) is 11.8 Å². The Bertz CT molecular complexity index is 613. The van der Waals surface area contributed by atoms with Crippen LogP contribution < -0.4 is 10.0 Å². The van der Waals surface area contributed by atoms with E-state index in [2.05, 4.69) is 17.0 Å². The van der Waals surface area contributed by atoms with Gasteiger partial charge in [0.15, 0.2) is 0 Å². The van der Waals surface area contributed by atoms with Crippen LogP contribution in [0, 0.1) is 11.8 Å². The molecule has 2 aliphatic rings. The fourth-order valence-corrected chi connectivity index (χ4v) is 4.66. The molecule has 2 N–H and O–H groups in total. The van der Waals surface area contributed by atoms with Crippen LogP contribution in [-0.2, 0) is 23.1 Å². The van der Waals surface area contributed by atoms with Crippen molar-refractivity contribution in [1.29, 1.82) is 0 Å². The Hall–Kier alpha value is -0.910. The van der Waals surface area contributed by atoms with Gasteiger partial charge in [0.05, 0.1) is 4.90 Å². The summed E-state index contributed by atoms with van der Waals surface area (Å²) in [7, 11) is -3.38. The molecule has 5 heteroatoms. The lowest BCUT2D eigenvalue weighted by Crippen LogP contribution is -2.31. The van der Waals surface area contributed by atoms with Gasteiger partial charge >= 0.3 is 0 Å². The minimum atomic E-state index is -3.38. The van der Waals surface area contributed by atoms with Gasteiger partial charge in [0, 0.05) is 19.6 Å². The van der Waals surface area contributed by atoms with Crippen molar-refractivity contribution < 1.29 is 8.42 Å². The number of rotatable bonds is 4. The molecule has 1 aliphatic carbocycles. The van der Waals surface area contributed by atoms with Gasteiger partial charge in [0.25, 0.3) is 0 Å². The van der Waals surface area contributed by atoms with Crippen LogP contribution in [0.4, 0.5) is 0 Å². The summed E-state index contributed by atoms with van der Waals surface area (Å²) >= 11 is 0. The van der Waals surface area contributed by atoms with Crippen LogP contribution in [-0.4, -0.2) is 15.0 Å². The molecule has 1 fully saturated rings. The zero-order valence-electron chi connectivity index (χ0n) is 12.6. The molecule has 2 unspecified atom stereocenters. The molecule has 0 saturated heterocycles. The maximum absolute atomic E-state index is 12.4. The Balaban J connectivity index is 1.66. The van der Waals surface area contributed by atoms with Crippen LogP contribution in [0.5, 0.6) is 0 Å². The molecular formula is C16H24N2O2S. The second kappa shape index (κ2) is 6.07. The van der Waals surface area contributed by atoms with Crippen LogP contribution in [0.25, 0.3) is 0 Å². The molecule has 1 aromatic rings. The highest BCUT2D eigenvalue weighted by molar-refractivity contribution is 7.89. The number of benzene rings is 1. The van der Waals surface area contributed by atoms with E-state index >= 15 is 0 Å². The topological polar surface area (TPSA) is 58.2 Å². The van der Waals surface area contributed by atoms with E-state index in [1.54, 1.807) is 12.1 Å². The van der Waals surface area contributed by atoms with Crippen molar-refractivity contribution in [2.75, 3.05) is 6.54 Å². The number of hydrogen-bond acceptors (Lipinski definition) is 3. The normalized spacial score (nSPS) is 25.8. The number of fused-ring (bicyclic) bond motifs is 1. The maximum atomic E-state index is 12.4. The average Bonchev–Trinajstić information content (AvgIpc) is 2.93. The molecule has 1 aromatic carbocycles. The van der Waals surface area contributed by atoms with E-state index in [4.69, 9.17) is 0 Å². The first-order valence-electron chi connectivity index (χ1n) is 7.87. The van der Waals surface area contributed by atoms with Gasteiger partial charge in [-0.1, -0.05) is 25.8 Å². The zero-order chi connectivity index (χ0) is 14.9. The molecule has 1 saturated carbocycles. The van der Waals surface area contributed by atoms with Gasteiger partial charge in [-0.15, -0.1) is 0 Å². The first kappa shape index (κ1) is 15.0. The van der Waals surface area contributed by atoms with Crippen LogP contribution in [0.2, 0.25) is 0 Å². The van der Waals surface area contributed by atoms with E-state index in [0.29, 0.717) is 17.4 Å². The van der Waals surface area contributed by atoms with Crippen LogP contribution in [0.15, 0.2) is 23.1 Å². The van der Waals surface area contributed by atoms with Gasteiger partial charge in [0.1, 0.15) is 0 Å². The number of sulfonamides is 1. The SMILES string of the molecule is CC1CCCC(CNS(=O)(=O)c2ccc3c(c2)CNC3)C1. The van der Waals surface area contributed by atoms with E-state index in [1.807, 2.05) is 6.07 Å². The summed E-state index contributed by atoms with van der Waals surface area (Å²) in [4.78, 5) is 0.397. The highest BCUT2D eigenvalue weighted by Gasteiger charge is 2.22. The summed E-state index contributed by atoms with van der Waals surface area (Å²) < 4.78 is 27.7. The third kappa shape index (κ3) is 3.47. The van der Waals surface area contributed by atoms with Crippen molar-refractivity contribution in [3.05, 3.63) is 29.3 Å². The van der Waals surface area contributed by atoms with Gasteiger partial charge < -0.3 is 5.32 Å². The summed E-state index contributed by atoms with van der Waals surface area (Å²) in [5.41, 5.74) is 2.30. The largest absolute Gasteiger partial charge is 0.309 e. The Morgan fingerprint density at radius 1 is 1.24 bits per heavy atom. The number of hydrogen-bond donors (Lipinski definition) is 2. The molecule has 1 aliphatic heterocycles. The fourth-order valence-electron chi connectivity index (χ4n) is 3.49. The summed E-state index contributed by atoms with van der Waals surface area (Å²) in [5, 5.41) is 3.24. The highest BCUT2D eigenvalue weighted by atomic mass is 32.2. The van der Waals surface area contributed by atoms with E-state index in [-0.39, 0.29) is 0 Å². The maximum Gasteiger partial charge on any atom is 0.240 e. The molecule has 0 bridgehead atoms. The van der Waals surface area contributed by atoms with Crippen molar-refractivity contribution >= 4 is 10.0 Å². The molecule has 0 amide bonds. The molecule has 2 atom stereocenters. The lowest BCUT2D eigenvalue weighted by Gasteiger charge is -2.26. The Kier molecular flexibility index (Phi) is 4.33. The van der Waals surface area contributed by atoms with Crippen molar-refractivity contribution in [3.63, 3.8) is 0 Å². The molecule has 0 aromatic heterocycles.